The second-order valence-electron chi connectivity index (χ2n) is 9.92. The van der Waals surface area contributed by atoms with Gasteiger partial charge in [-0.25, -0.2) is 0 Å². The number of carbonyl (C=O) groups excluding carboxylic acids is 2. The quantitative estimate of drug-likeness (QED) is 0.528. The van der Waals surface area contributed by atoms with E-state index in [-0.39, 0.29) is 24.1 Å². The van der Waals surface area contributed by atoms with E-state index in [0.29, 0.717) is 18.8 Å². The molecule has 4 nitrogen and oxygen atoms in total. The summed E-state index contributed by atoms with van der Waals surface area (Å²) in [5.74, 6) is 1.18. The molecule has 176 valence electrons. The van der Waals surface area contributed by atoms with Crippen molar-refractivity contribution in [3.8, 4) is 0 Å². The summed E-state index contributed by atoms with van der Waals surface area (Å²) in [5, 5.41) is 0. The fourth-order valence-electron chi connectivity index (χ4n) is 5.75. The third-order valence-electron chi connectivity index (χ3n) is 7.66. The summed E-state index contributed by atoms with van der Waals surface area (Å²) >= 11 is 0. The Bertz CT molecular complexity index is 1030. The lowest BCUT2D eigenvalue weighted by Crippen LogP contribution is -2.35. The molecule has 0 spiro atoms. The minimum Gasteiger partial charge on any atom is -0.312 e. The van der Waals surface area contributed by atoms with Crippen LogP contribution in [-0.2, 0) is 24.1 Å². The van der Waals surface area contributed by atoms with E-state index in [2.05, 4.69) is 48.2 Å². The van der Waals surface area contributed by atoms with Crippen LogP contribution in [0.25, 0.3) is 0 Å². The molecule has 1 fully saturated rings. The first kappa shape index (κ1) is 24.0. The molecule has 0 unspecified atom stereocenters. The Balaban J connectivity index is 0.00000259. The van der Waals surface area contributed by atoms with Crippen LogP contribution in [0.2, 0.25) is 0 Å². The maximum atomic E-state index is 13.0. The van der Waals surface area contributed by atoms with Crippen LogP contribution < -0.4 is 4.90 Å². The van der Waals surface area contributed by atoms with Crippen molar-refractivity contribution in [1.29, 1.82) is 0 Å². The molecule has 1 saturated heterocycles. The SMILES string of the molecule is Cc1cccc(CCN2CCC(CCC(=O)c3cc4c5c(c3)CCN5C(=O)CC4)CC2)c1.Cl. The molecule has 3 aliphatic heterocycles. The highest BCUT2D eigenvalue weighted by Gasteiger charge is 2.32. The highest BCUT2D eigenvalue weighted by atomic mass is 35.5. The van der Waals surface area contributed by atoms with Gasteiger partial charge in [0.1, 0.15) is 0 Å². The topological polar surface area (TPSA) is 40.6 Å². The maximum absolute atomic E-state index is 13.0. The van der Waals surface area contributed by atoms with Gasteiger partial charge in [0.15, 0.2) is 5.78 Å². The number of benzene rings is 2. The summed E-state index contributed by atoms with van der Waals surface area (Å²) in [7, 11) is 0. The van der Waals surface area contributed by atoms with Crippen LogP contribution in [0.15, 0.2) is 36.4 Å². The lowest BCUT2D eigenvalue weighted by atomic mass is 9.89. The Morgan fingerprint density at radius 3 is 2.52 bits per heavy atom. The summed E-state index contributed by atoms with van der Waals surface area (Å²) in [6, 6.07) is 13.0. The smallest absolute Gasteiger partial charge is 0.227 e. The molecule has 5 rings (SSSR count). The van der Waals surface area contributed by atoms with Gasteiger partial charge in [-0.3, -0.25) is 9.59 Å². The van der Waals surface area contributed by atoms with Gasteiger partial charge in [0, 0.05) is 31.5 Å². The van der Waals surface area contributed by atoms with Gasteiger partial charge < -0.3 is 9.80 Å². The monoisotopic (exact) mass is 466 g/mol. The largest absolute Gasteiger partial charge is 0.312 e. The number of nitrogens with zero attached hydrogens (tertiary/aromatic N) is 2. The number of carbonyl (C=O) groups is 2. The molecule has 3 heterocycles. The second-order valence-corrected chi connectivity index (χ2v) is 9.92. The van der Waals surface area contributed by atoms with Crippen molar-refractivity contribution in [2.24, 2.45) is 5.92 Å². The summed E-state index contributed by atoms with van der Waals surface area (Å²) < 4.78 is 0. The second kappa shape index (κ2) is 10.4. The number of aryl methyl sites for hydroxylation is 2. The van der Waals surface area contributed by atoms with Crippen LogP contribution in [0.5, 0.6) is 0 Å². The van der Waals surface area contributed by atoms with E-state index >= 15 is 0 Å². The molecule has 2 aromatic carbocycles. The number of anilines is 1. The number of hydrogen-bond donors (Lipinski definition) is 0. The Kier molecular flexibility index (Phi) is 7.55. The van der Waals surface area contributed by atoms with Gasteiger partial charge in [-0.2, -0.15) is 0 Å². The number of halogens is 1. The van der Waals surface area contributed by atoms with Gasteiger partial charge in [-0.1, -0.05) is 29.8 Å². The zero-order chi connectivity index (χ0) is 22.1. The lowest BCUT2D eigenvalue weighted by Gasteiger charge is -2.32. The zero-order valence-electron chi connectivity index (χ0n) is 19.6. The fourth-order valence-corrected chi connectivity index (χ4v) is 5.75. The van der Waals surface area contributed by atoms with E-state index in [1.165, 1.54) is 35.1 Å². The maximum Gasteiger partial charge on any atom is 0.227 e. The molecule has 3 aliphatic rings. The minimum atomic E-state index is 0. The van der Waals surface area contributed by atoms with E-state index in [1.54, 1.807) is 0 Å². The molecule has 5 heteroatoms. The molecule has 1 amide bonds. The predicted octanol–water partition coefficient (Wildman–Crippen LogP) is 5.17. The van der Waals surface area contributed by atoms with Crippen molar-refractivity contribution in [3.63, 3.8) is 0 Å². The number of amides is 1. The standard InChI is InChI=1S/C28H34N2O2.ClH/c1-20-3-2-4-22(17-20)11-15-29-13-9-21(10-14-29)5-7-26(31)25-18-23-6-8-27(32)30-16-12-24(19-25)28(23)30;/h2-4,17-19,21H,5-16H2,1H3;1H. The van der Waals surface area contributed by atoms with Crippen molar-refractivity contribution in [2.75, 3.05) is 31.1 Å². The third kappa shape index (κ3) is 5.33. The molecule has 0 saturated carbocycles. The van der Waals surface area contributed by atoms with Gasteiger partial charge in [0.25, 0.3) is 0 Å². The highest BCUT2D eigenvalue weighted by Crippen LogP contribution is 2.38. The Labute approximate surface area is 203 Å². The molecule has 33 heavy (non-hydrogen) atoms. The van der Waals surface area contributed by atoms with E-state index < -0.39 is 0 Å². The molecule has 0 aliphatic carbocycles. The van der Waals surface area contributed by atoms with Crippen LogP contribution in [0.1, 0.15) is 64.7 Å². The Morgan fingerprint density at radius 1 is 1.00 bits per heavy atom. The molecule has 0 bridgehead atoms. The molecule has 0 aromatic heterocycles. The number of likely N-dealkylation sites (tertiary alicyclic amines) is 1. The molecular formula is C28H35ClN2O2. The summed E-state index contributed by atoms with van der Waals surface area (Å²) in [5.41, 5.74) is 7.13. The first-order valence-corrected chi connectivity index (χ1v) is 12.3. The number of piperidine rings is 1. The minimum absolute atomic E-state index is 0. The number of ketones is 1. The molecule has 0 radical (unpaired) electrons. The van der Waals surface area contributed by atoms with Gasteiger partial charge >= 0.3 is 0 Å². The number of rotatable bonds is 7. The van der Waals surface area contributed by atoms with Crippen molar-refractivity contribution in [2.45, 2.75) is 58.3 Å². The third-order valence-corrected chi connectivity index (χ3v) is 7.66. The van der Waals surface area contributed by atoms with Crippen LogP contribution in [0, 0.1) is 12.8 Å². The first-order chi connectivity index (χ1) is 15.6. The van der Waals surface area contributed by atoms with E-state index in [1.807, 2.05) is 4.90 Å². The number of Topliss-reactive ketones (excluding diaryl/α,β-unsaturated/α-hetero) is 1. The fraction of sp³-hybridized carbons (Fsp3) is 0.500. The Morgan fingerprint density at radius 2 is 1.76 bits per heavy atom. The molecular weight excluding hydrogens is 432 g/mol. The average Bonchev–Trinajstić information content (AvgIpc) is 3.24. The van der Waals surface area contributed by atoms with Gasteiger partial charge in [0.2, 0.25) is 5.91 Å². The summed E-state index contributed by atoms with van der Waals surface area (Å²) in [4.78, 5) is 29.6. The van der Waals surface area contributed by atoms with E-state index in [0.717, 1.165) is 63.1 Å². The molecule has 2 aromatic rings. The van der Waals surface area contributed by atoms with E-state index in [4.69, 9.17) is 0 Å². The summed E-state index contributed by atoms with van der Waals surface area (Å²) in [6.45, 7) is 6.37. The first-order valence-electron chi connectivity index (χ1n) is 12.3. The Hall–Kier alpha value is -2.17. The highest BCUT2D eigenvalue weighted by molar-refractivity contribution is 6.02. The normalized spacial score (nSPS) is 18.2. The van der Waals surface area contributed by atoms with Crippen LogP contribution in [0.4, 0.5) is 5.69 Å². The molecule has 0 N–H and O–H groups in total. The van der Waals surface area contributed by atoms with Gasteiger partial charge in [-0.15, -0.1) is 12.4 Å². The zero-order valence-corrected chi connectivity index (χ0v) is 20.5. The van der Waals surface area contributed by atoms with Crippen molar-refractivity contribution < 1.29 is 9.59 Å². The van der Waals surface area contributed by atoms with Crippen molar-refractivity contribution in [1.82, 2.24) is 4.90 Å². The lowest BCUT2D eigenvalue weighted by molar-refractivity contribution is -0.118. The van der Waals surface area contributed by atoms with Gasteiger partial charge in [0.05, 0.1) is 5.69 Å². The van der Waals surface area contributed by atoms with Crippen LogP contribution in [0.3, 0.4) is 0 Å². The van der Waals surface area contributed by atoms with Crippen molar-refractivity contribution in [3.05, 3.63) is 64.2 Å². The van der Waals surface area contributed by atoms with Crippen LogP contribution >= 0.6 is 12.4 Å². The predicted molar refractivity (Wildman–Crippen MR) is 136 cm³/mol. The molecule has 0 atom stereocenters. The van der Waals surface area contributed by atoms with Crippen molar-refractivity contribution >= 4 is 29.8 Å². The summed E-state index contributed by atoms with van der Waals surface area (Å²) in [6.07, 6.45) is 7.41. The van der Waals surface area contributed by atoms with Gasteiger partial charge in [-0.05, 0) is 93.3 Å². The number of hydrogen-bond acceptors (Lipinski definition) is 3. The van der Waals surface area contributed by atoms with E-state index in [9.17, 15) is 9.59 Å². The average molecular weight is 467 g/mol. The van der Waals surface area contributed by atoms with Crippen LogP contribution in [-0.4, -0.2) is 42.8 Å².